The molecule has 8 atom stereocenters. The van der Waals surface area contributed by atoms with E-state index in [9.17, 15) is 19.5 Å². The van der Waals surface area contributed by atoms with Crippen LogP contribution in [0.15, 0.2) is 12.2 Å². The van der Waals surface area contributed by atoms with Gasteiger partial charge in [0.25, 0.3) is 0 Å². The molecule has 1 N–H and O–H groups in total. The summed E-state index contributed by atoms with van der Waals surface area (Å²) >= 11 is 0. The van der Waals surface area contributed by atoms with E-state index in [2.05, 4.69) is 13.5 Å². The minimum atomic E-state index is -1.43. The van der Waals surface area contributed by atoms with Crippen LogP contribution in [0.5, 0.6) is 0 Å². The average Bonchev–Trinajstić information content (AvgIpc) is 2.77. The molecule has 1 saturated heterocycles. The number of fused-ring (bicyclic) bond motifs is 1. The van der Waals surface area contributed by atoms with Crippen molar-refractivity contribution in [3.05, 3.63) is 12.2 Å². The Kier molecular flexibility index (Phi) is 8.89. The molecule has 9 heteroatoms. The highest BCUT2D eigenvalue weighted by atomic mass is 16.7. The molecule has 0 aromatic heterocycles. The summed E-state index contributed by atoms with van der Waals surface area (Å²) in [4.78, 5) is 35.1. The van der Waals surface area contributed by atoms with Gasteiger partial charge >= 0.3 is 17.9 Å². The van der Waals surface area contributed by atoms with Gasteiger partial charge in [0.2, 0.25) is 0 Å². The van der Waals surface area contributed by atoms with Crippen molar-refractivity contribution < 1.29 is 43.2 Å². The van der Waals surface area contributed by atoms with Gasteiger partial charge in [0.1, 0.15) is 18.8 Å². The van der Waals surface area contributed by atoms with E-state index in [1.54, 1.807) is 0 Å². The summed E-state index contributed by atoms with van der Waals surface area (Å²) in [5.74, 6) is -1.07. The SMILES string of the molecule is C=C1CCCC2CCC(C(C)(C)OC3OC(COC(C)=O)C(OC(C)=O)C(OC(C)=O)C3O)CC12C. The van der Waals surface area contributed by atoms with Crippen molar-refractivity contribution >= 4 is 17.9 Å². The Morgan fingerprint density at radius 2 is 1.69 bits per heavy atom. The largest absolute Gasteiger partial charge is 0.463 e. The molecular formula is C27H42O9. The molecule has 2 saturated carbocycles. The van der Waals surface area contributed by atoms with Gasteiger partial charge in [-0.05, 0) is 69.6 Å². The number of aliphatic hydroxyl groups excluding tert-OH is 1. The first-order valence-corrected chi connectivity index (χ1v) is 12.9. The van der Waals surface area contributed by atoms with Gasteiger partial charge in [-0.1, -0.05) is 19.1 Å². The van der Waals surface area contributed by atoms with E-state index in [-0.39, 0.29) is 17.9 Å². The quantitative estimate of drug-likeness (QED) is 0.312. The molecule has 0 amide bonds. The van der Waals surface area contributed by atoms with Crippen LogP contribution in [0, 0.1) is 17.3 Å². The number of esters is 3. The fourth-order valence-corrected chi connectivity index (χ4v) is 6.22. The van der Waals surface area contributed by atoms with Crippen molar-refractivity contribution in [2.24, 2.45) is 17.3 Å². The van der Waals surface area contributed by atoms with Crippen molar-refractivity contribution in [3.63, 3.8) is 0 Å². The third-order valence-corrected chi connectivity index (χ3v) is 8.35. The lowest BCUT2D eigenvalue weighted by Crippen LogP contribution is -2.63. The number of carbonyl (C=O) groups excluding carboxylic acids is 3. The molecule has 0 bridgehead atoms. The van der Waals surface area contributed by atoms with Crippen LogP contribution in [-0.4, -0.2) is 65.9 Å². The lowest BCUT2D eigenvalue weighted by Gasteiger charge is -2.53. The van der Waals surface area contributed by atoms with Gasteiger partial charge in [0.15, 0.2) is 18.5 Å². The zero-order valence-corrected chi connectivity index (χ0v) is 22.4. The summed E-state index contributed by atoms with van der Waals surface area (Å²) in [6.07, 6.45) is 0.375. The molecule has 3 rings (SSSR count). The predicted molar refractivity (Wildman–Crippen MR) is 130 cm³/mol. The molecule has 1 heterocycles. The third-order valence-electron chi connectivity index (χ3n) is 8.35. The van der Waals surface area contributed by atoms with Crippen LogP contribution in [0.25, 0.3) is 0 Å². The van der Waals surface area contributed by atoms with Gasteiger partial charge < -0.3 is 28.8 Å². The third kappa shape index (κ3) is 6.29. The van der Waals surface area contributed by atoms with Crippen molar-refractivity contribution in [2.45, 2.75) is 116 Å². The van der Waals surface area contributed by atoms with Crippen LogP contribution in [-0.2, 0) is 38.1 Å². The number of ether oxygens (including phenoxy) is 5. The van der Waals surface area contributed by atoms with Gasteiger partial charge in [-0.25, -0.2) is 0 Å². The standard InChI is InChI=1S/C27H42O9/c1-15-9-8-10-19-11-12-20(13-27(15,19)7)26(5,6)36-25-22(31)24(34-18(4)30)23(33-17(3)29)21(35-25)14-32-16(2)28/h19-25,31H,1,8-14H2,2-7H3. The number of hydrogen-bond acceptors (Lipinski definition) is 9. The van der Waals surface area contributed by atoms with Crippen LogP contribution < -0.4 is 0 Å². The lowest BCUT2D eigenvalue weighted by atomic mass is 9.54. The monoisotopic (exact) mass is 510 g/mol. The second kappa shape index (κ2) is 11.2. The summed E-state index contributed by atoms with van der Waals surface area (Å²) in [6.45, 7) is 14.0. The van der Waals surface area contributed by atoms with Crippen LogP contribution in [0.3, 0.4) is 0 Å². The Morgan fingerprint density at radius 3 is 2.31 bits per heavy atom. The summed E-state index contributed by atoms with van der Waals surface area (Å²) < 4.78 is 28.3. The van der Waals surface area contributed by atoms with Crippen LogP contribution in [0.1, 0.15) is 80.1 Å². The smallest absolute Gasteiger partial charge is 0.303 e. The van der Waals surface area contributed by atoms with Crippen molar-refractivity contribution in [1.82, 2.24) is 0 Å². The van der Waals surface area contributed by atoms with Crippen LogP contribution in [0.2, 0.25) is 0 Å². The van der Waals surface area contributed by atoms with Crippen LogP contribution >= 0.6 is 0 Å². The van der Waals surface area contributed by atoms with Gasteiger partial charge in [-0.3, -0.25) is 14.4 Å². The molecule has 0 aromatic rings. The van der Waals surface area contributed by atoms with Gasteiger partial charge in [0.05, 0.1) is 5.60 Å². The average molecular weight is 511 g/mol. The zero-order chi connectivity index (χ0) is 26.8. The number of rotatable bonds is 7. The molecule has 0 spiro atoms. The Hall–Kier alpha value is -1.97. The van der Waals surface area contributed by atoms with E-state index in [1.807, 2.05) is 13.8 Å². The molecule has 1 aliphatic heterocycles. The van der Waals surface area contributed by atoms with Crippen molar-refractivity contribution in [1.29, 1.82) is 0 Å². The first kappa shape index (κ1) is 28.6. The Balaban J connectivity index is 1.82. The summed E-state index contributed by atoms with van der Waals surface area (Å²) in [6, 6.07) is 0. The summed E-state index contributed by atoms with van der Waals surface area (Å²) in [5.41, 5.74) is 0.652. The summed E-state index contributed by atoms with van der Waals surface area (Å²) in [5, 5.41) is 11.2. The Morgan fingerprint density at radius 1 is 1.06 bits per heavy atom. The molecule has 204 valence electrons. The van der Waals surface area contributed by atoms with E-state index in [0.29, 0.717) is 5.92 Å². The van der Waals surface area contributed by atoms with E-state index in [1.165, 1.54) is 39.2 Å². The normalized spacial score (nSPS) is 37.0. The number of carbonyl (C=O) groups is 3. The van der Waals surface area contributed by atoms with Crippen LogP contribution in [0.4, 0.5) is 0 Å². The molecular weight excluding hydrogens is 468 g/mol. The second-order valence-electron chi connectivity index (χ2n) is 11.3. The first-order chi connectivity index (χ1) is 16.7. The van der Waals surface area contributed by atoms with Gasteiger partial charge in [0, 0.05) is 20.8 Å². The highest BCUT2D eigenvalue weighted by Crippen LogP contribution is 2.56. The van der Waals surface area contributed by atoms with Crippen molar-refractivity contribution in [2.75, 3.05) is 6.61 Å². The molecule has 2 aliphatic carbocycles. The highest BCUT2D eigenvalue weighted by molar-refractivity contribution is 5.67. The first-order valence-electron chi connectivity index (χ1n) is 12.9. The van der Waals surface area contributed by atoms with Gasteiger partial charge in [-0.15, -0.1) is 0 Å². The number of hydrogen-bond donors (Lipinski definition) is 1. The molecule has 3 fully saturated rings. The maximum atomic E-state index is 11.9. The maximum absolute atomic E-state index is 11.9. The molecule has 8 unspecified atom stereocenters. The number of aliphatic hydroxyl groups is 1. The molecule has 9 nitrogen and oxygen atoms in total. The fourth-order valence-electron chi connectivity index (χ4n) is 6.22. The Bertz CT molecular complexity index is 852. The minimum absolute atomic E-state index is 0.0480. The Labute approximate surface area is 213 Å². The van der Waals surface area contributed by atoms with Gasteiger partial charge in [-0.2, -0.15) is 0 Å². The molecule has 36 heavy (non-hydrogen) atoms. The van der Waals surface area contributed by atoms with Crippen molar-refractivity contribution in [3.8, 4) is 0 Å². The van der Waals surface area contributed by atoms with E-state index in [0.717, 1.165) is 25.7 Å². The highest BCUT2D eigenvalue weighted by Gasteiger charge is 2.53. The molecule has 0 radical (unpaired) electrons. The van der Waals surface area contributed by atoms with E-state index >= 15 is 0 Å². The molecule has 0 aromatic carbocycles. The van der Waals surface area contributed by atoms with E-state index in [4.69, 9.17) is 23.7 Å². The molecule has 3 aliphatic rings. The maximum Gasteiger partial charge on any atom is 0.303 e. The van der Waals surface area contributed by atoms with E-state index < -0.39 is 54.2 Å². The topological polar surface area (TPSA) is 118 Å². The fraction of sp³-hybridized carbons (Fsp3) is 0.815. The lowest BCUT2D eigenvalue weighted by molar-refractivity contribution is -0.332. The zero-order valence-electron chi connectivity index (χ0n) is 22.4. The minimum Gasteiger partial charge on any atom is -0.463 e. The second-order valence-corrected chi connectivity index (χ2v) is 11.3. The predicted octanol–water partition coefficient (Wildman–Crippen LogP) is 3.46. The number of allylic oxidation sites excluding steroid dienone is 1. The summed E-state index contributed by atoms with van der Waals surface area (Å²) in [7, 11) is 0.